The second-order valence-electron chi connectivity index (χ2n) is 6.43. The lowest BCUT2D eigenvalue weighted by Gasteiger charge is -2.26. The number of aromatic nitrogens is 5. The predicted octanol–water partition coefficient (Wildman–Crippen LogP) is 0.742. The first-order chi connectivity index (χ1) is 13.1. The Balaban J connectivity index is 1.44. The lowest BCUT2D eigenvalue weighted by molar-refractivity contribution is -0.132. The summed E-state index contributed by atoms with van der Waals surface area (Å²) in [6.07, 6.45) is 4.15. The summed E-state index contributed by atoms with van der Waals surface area (Å²) in [4.78, 5) is 37.3. The van der Waals surface area contributed by atoms with Crippen LogP contribution in [0.25, 0.3) is 11.4 Å². The van der Waals surface area contributed by atoms with Crippen molar-refractivity contribution in [2.75, 3.05) is 6.54 Å². The summed E-state index contributed by atoms with van der Waals surface area (Å²) >= 11 is 0. The first-order valence-electron chi connectivity index (χ1n) is 8.68. The number of imidazole rings is 1. The van der Waals surface area contributed by atoms with Gasteiger partial charge in [0, 0.05) is 30.5 Å². The Kier molecular flexibility index (Phi) is 4.41. The molecule has 27 heavy (non-hydrogen) atoms. The van der Waals surface area contributed by atoms with Crippen LogP contribution in [0.15, 0.2) is 36.9 Å². The van der Waals surface area contributed by atoms with Gasteiger partial charge in [-0.05, 0) is 12.1 Å². The normalized spacial score (nSPS) is 13.4. The van der Waals surface area contributed by atoms with Crippen LogP contribution in [0, 0.1) is 0 Å². The van der Waals surface area contributed by atoms with Crippen LogP contribution in [0.3, 0.4) is 0 Å². The molecule has 0 unspecified atom stereocenters. The molecule has 1 aliphatic heterocycles. The van der Waals surface area contributed by atoms with E-state index in [9.17, 15) is 9.59 Å². The van der Waals surface area contributed by atoms with Crippen LogP contribution in [0.2, 0.25) is 0 Å². The number of nitrogens with two attached hydrogens (primary N) is 1. The molecular weight excluding hydrogens is 346 g/mol. The van der Waals surface area contributed by atoms with Crippen molar-refractivity contribution >= 4 is 11.8 Å². The highest BCUT2D eigenvalue weighted by Crippen LogP contribution is 2.23. The van der Waals surface area contributed by atoms with Crippen molar-refractivity contribution in [3.05, 3.63) is 53.9 Å². The molecule has 9 heteroatoms. The van der Waals surface area contributed by atoms with Gasteiger partial charge in [-0.1, -0.05) is 12.1 Å². The zero-order valence-electron chi connectivity index (χ0n) is 14.6. The SMILES string of the molecule is NC(=O)c1ccc(-c2nc3c([nH]2)CN(C(=O)CCn2cncn2)CC3)cc1. The van der Waals surface area contributed by atoms with E-state index in [-0.39, 0.29) is 5.91 Å². The molecule has 138 valence electrons. The summed E-state index contributed by atoms with van der Waals surface area (Å²) in [5.41, 5.74) is 8.53. The second-order valence-corrected chi connectivity index (χ2v) is 6.43. The summed E-state index contributed by atoms with van der Waals surface area (Å²) in [5.74, 6) is 0.353. The van der Waals surface area contributed by atoms with E-state index in [1.165, 1.54) is 6.33 Å². The van der Waals surface area contributed by atoms with E-state index in [0.717, 1.165) is 22.8 Å². The summed E-state index contributed by atoms with van der Waals surface area (Å²) < 4.78 is 1.65. The number of nitrogens with one attached hydrogen (secondary N) is 1. The number of benzene rings is 1. The smallest absolute Gasteiger partial charge is 0.248 e. The Morgan fingerprint density at radius 2 is 2.04 bits per heavy atom. The maximum absolute atomic E-state index is 12.5. The summed E-state index contributed by atoms with van der Waals surface area (Å²) in [6, 6.07) is 6.98. The summed E-state index contributed by atoms with van der Waals surface area (Å²) in [6.45, 7) is 1.68. The third-order valence-electron chi connectivity index (χ3n) is 4.65. The third kappa shape index (κ3) is 3.57. The fourth-order valence-electron chi connectivity index (χ4n) is 3.15. The van der Waals surface area contributed by atoms with Gasteiger partial charge >= 0.3 is 0 Å². The number of nitrogens with zero attached hydrogens (tertiary/aromatic N) is 5. The van der Waals surface area contributed by atoms with Crippen LogP contribution in [0.1, 0.15) is 28.2 Å². The van der Waals surface area contributed by atoms with E-state index in [1.54, 1.807) is 23.1 Å². The Morgan fingerprint density at radius 3 is 2.74 bits per heavy atom. The highest BCUT2D eigenvalue weighted by molar-refractivity contribution is 5.93. The minimum Gasteiger partial charge on any atom is -0.366 e. The van der Waals surface area contributed by atoms with E-state index >= 15 is 0 Å². The van der Waals surface area contributed by atoms with Gasteiger partial charge in [-0.25, -0.2) is 9.97 Å². The van der Waals surface area contributed by atoms with Crippen molar-refractivity contribution in [3.63, 3.8) is 0 Å². The Bertz CT molecular complexity index is 960. The fraction of sp³-hybridized carbons (Fsp3) is 0.278. The minimum atomic E-state index is -0.458. The highest BCUT2D eigenvalue weighted by Gasteiger charge is 2.24. The predicted molar refractivity (Wildman–Crippen MR) is 96.3 cm³/mol. The molecule has 0 spiro atoms. The number of rotatable bonds is 5. The lowest BCUT2D eigenvalue weighted by Crippen LogP contribution is -2.36. The Labute approximate surface area is 155 Å². The number of hydrogen-bond donors (Lipinski definition) is 2. The van der Waals surface area contributed by atoms with Crippen molar-refractivity contribution in [2.24, 2.45) is 5.73 Å². The standard InChI is InChI=1S/C18H19N7O2/c19-17(27)12-1-3-13(4-2-12)18-22-14-5-7-24(9-15(14)23-18)16(26)6-8-25-11-20-10-21-25/h1-4,10-11H,5-9H2,(H2,19,27)(H,22,23). The maximum Gasteiger partial charge on any atom is 0.248 e. The number of carbonyl (C=O) groups excluding carboxylic acids is 2. The molecule has 0 fully saturated rings. The lowest BCUT2D eigenvalue weighted by atomic mass is 10.1. The number of carbonyl (C=O) groups is 2. The van der Waals surface area contributed by atoms with E-state index < -0.39 is 5.91 Å². The van der Waals surface area contributed by atoms with Crippen LogP contribution < -0.4 is 5.73 Å². The van der Waals surface area contributed by atoms with Gasteiger partial charge in [0.25, 0.3) is 0 Å². The molecule has 0 bridgehead atoms. The minimum absolute atomic E-state index is 0.0816. The van der Waals surface area contributed by atoms with Gasteiger partial charge in [-0.15, -0.1) is 0 Å². The molecule has 0 saturated carbocycles. The molecule has 9 nitrogen and oxygen atoms in total. The first-order valence-corrected chi connectivity index (χ1v) is 8.68. The molecule has 1 aliphatic rings. The van der Waals surface area contributed by atoms with Crippen LogP contribution in [-0.2, 0) is 24.3 Å². The molecule has 4 rings (SSSR count). The number of amides is 2. The average Bonchev–Trinajstić information content (AvgIpc) is 3.35. The van der Waals surface area contributed by atoms with Gasteiger partial charge in [-0.3, -0.25) is 14.3 Å². The molecule has 0 atom stereocenters. The fourth-order valence-corrected chi connectivity index (χ4v) is 3.15. The topological polar surface area (TPSA) is 123 Å². The number of primary amides is 1. The van der Waals surface area contributed by atoms with E-state index in [0.29, 0.717) is 38.0 Å². The molecule has 0 aliphatic carbocycles. The van der Waals surface area contributed by atoms with Gasteiger partial charge in [0.15, 0.2) is 0 Å². The van der Waals surface area contributed by atoms with Gasteiger partial charge in [0.2, 0.25) is 11.8 Å². The van der Waals surface area contributed by atoms with Gasteiger partial charge < -0.3 is 15.6 Å². The van der Waals surface area contributed by atoms with E-state index in [2.05, 4.69) is 20.1 Å². The van der Waals surface area contributed by atoms with E-state index in [1.807, 2.05) is 17.0 Å². The molecular formula is C18H19N7O2. The molecule has 1 aromatic carbocycles. The summed E-state index contributed by atoms with van der Waals surface area (Å²) in [5, 5.41) is 4.01. The zero-order valence-corrected chi connectivity index (χ0v) is 14.6. The molecule has 3 aromatic rings. The average molecular weight is 365 g/mol. The van der Waals surface area contributed by atoms with Crippen molar-refractivity contribution in [1.82, 2.24) is 29.6 Å². The number of aryl methyl sites for hydroxylation is 1. The number of fused-ring (bicyclic) bond motifs is 1. The maximum atomic E-state index is 12.5. The molecule has 3 heterocycles. The van der Waals surface area contributed by atoms with Crippen LogP contribution in [0.5, 0.6) is 0 Å². The highest BCUT2D eigenvalue weighted by atomic mass is 16.2. The second kappa shape index (κ2) is 7.02. The number of hydrogen-bond acceptors (Lipinski definition) is 5. The van der Waals surface area contributed by atoms with Crippen LogP contribution >= 0.6 is 0 Å². The first kappa shape index (κ1) is 17.0. The van der Waals surface area contributed by atoms with Crippen LogP contribution in [-0.4, -0.2) is 48.0 Å². The monoisotopic (exact) mass is 365 g/mol. The van der Waals surface area contributed by atoms with Gasteiger partial charge in [0.05, 0.1) is 24.5 Å². The largest absolute Gasteiger partial charge is 0.366 e. The molecule has 0 saturated heterocycles. The molecule has 2 amide bonds. The van der Waals surface area contributed by atoms with Crippen molar-refractivity contribution in [2.45, 2.75) is 25.9 Å². The van der Waals surface area contributed by atoms with E-state index in [4.69, 9.17) is 5.73 Å². The number of H-pyrrole nitrogens is 1. The quantitative estimate of drug-likeness (QED) is 0.690. The van der Waals surface area contributed by atoms with Crippen molar-refractivity contribution < 1.29 is 9.59 Å². The summed E-state index contributed by atoms with van der Waals surface area (Å²) in [7, 11) is 0. The number of aromatic amines is 1. The van der Waals surface area contributed by atoms with Gasteiger partial charge in [-0.2, -0.15) is 5.10 Å². The zero-order chi connectivity index (χ0) is 18.8. The van der Waals surface area contributed by atoms with Gasteiger partial charge in [0.1, 0.15) is 18.5 Å². The Hall–Kier alpha value is -3.49. The Morgan fingerprint density at radius 1 is 1.22 bits per heavy atom. The third-order valence-corrected chi connectivity index (χ3v) is 4.65. The van der Waals surface area contributed by atoms with Crippen LogP contribution in [0.4, 0.5) is 0 Å². The molecule has 3 N–H and O–H groups in total. The molecule has 2 aromatic heterocycles. The van der Waals surface area contributed by atoms with Crippen molar-refractivity contribution in [3.8, 4) is 11.4 Å². The van der Waals surface area contributed by atoms with Crippen molar-refractivity contribution in [1.29, 1.82) is 0 Å². The molecule has 0 radical (unpaired) electrons.